The van der Waals surface area contributed by atoms with Gasteiger partial charge in [-0.2, -0.15) is 0 Å². The fourth-order valence-electron chi connectivity index (χ4n) is 1.68. The highest BCUT2D eigenvalue weighted by Gasteiger charge is 2.18. The predicted molar refractivity (Wildman–Crippen MR) is 43.7 cm³/mol. The van der Waals surface area contributed by atoms with Gasteiger partial charge in [0.25, 0.3) is 0 Å². The molecule has 2 nitrogen and oxygen atoms in total. The standard InChI is InChI=1S/C8H18N2/c1-8-6-4-5-7-10(8)9(2)3/h8H,4-7H2,1-3H3. The topological polar surface area (TPSA) is 6.48 Å². The van der Waals surface area contributed by atoms with Crippen molar-refractivity contribution >= 4 is 0 Å². The molecule has 0 N–H and O–H groups in total. The van der Waals surface area contributed by atoms with Crippen LogP contribution in [0.4, 0.5) is 0 Å². The van der Waals surface area contributed by atoms with Crippen molar-refractivity contribution < 1.29 is 0 Å². The van der Waals surface area contributed by atoms with Crippen molar-refractivity contribution in [3.8, 4) is 0 Å². The minimum absolute atomic E-state index is 0.753. The van der Waals surface area contributed by atoms with E-state index in [0.717, 1.165) is 6.04 Å². The molecule has 1 atom stereocenters. The summed E-state index contributed by atoms with van der Waals surface area (Å²) in [5.41, 5.74) is 0. The third-order valence-corrected chi connectivity index (χ3v) is 2.28. The zero-order chi connectivity index (χ0) is 7.56. The zero-order valence-corrected chi connectivity index (χ0v) is 7.30. The van der Waals surface area contributed by atoms with Crippen LogP contribution in [0, 0.1) is 0 Å². The van der Waals surface area contributed by atoms with E-state index >= 15 is 0 Å². The molecule has 1 aliphatic heterocycles. The molecular weight excluding hydrogens is 124 g/mol. The number of hydrazine groups is 1. The van der Waals surface area contributed by atoms with Crippen LogP contribution in [0.25, 0.3) is 0 Å². The van der Waals surface area contributed by atoms with E-state index in [1.165, 1.54) is 25.8 Å². The Morgan fingerprint density at radius 2 is 2.00 bits per heavy atom. The van der Waals surface area contributed by atoms with Crippen molar-refractivity contribution in [3.05, 3.63) is 0 Å². The first-order chi connectivity index (χ1) is 4.72. The molecule has 60 valence electrons. The maximum absolute atomic E-state index is 2.43. The van der Waals surface area contributed by atoms with E-state index in [4.69, 9.17) is 0 Å². The predicted octanol–water partition coefficient (Wildman–Crippen LogP) is 1.34. The number of nitrogens with zero attached hydrogens (tertiary/aromatic N) is 2. The van der Waals surface area contributed by atoms with Crippen molar-refractivity contribution in [1.29, 1.82) is 0 Å². The number of hydrogen-bond acceptors (Lipinski definition) is 2. The molecular formula is C8H18N2. The fraction of sp³-hybridized carbons (Fsp3) is 1.00. The number of hydrogen-bond donors (Lipinski definition) is 0. The van der Waals surface area contributed by atoms with Crippen LogP contribution in [0.1, 0.15) is 26.2 Å². The average Bonchev–Trinajstić information content (AvgIpc) is 1.88. The second-order valence-electron chi connectivity index (χ2n) is 3.36. The normalized spacial score (nSPS) is 29.4. The number of rotatable bonds is 1. The Morgan fingerprint density at radius 3 is 2.40 bits per heavy atom. The van der Waals surface area contributed by atoms with Gasteiger partial charge in [-0.1, -0.05) is 6.42 Å². The summed E-state index contributed by atoms with van der Waals surface area (Å²) < 4.78 is 0. The Labute approximate surface area is 63.8 Å². The molecule has 0 aliphatic carbocycles. The first kappa shape index (κ1) is 8.02. The summed E-state index contributed by atoms with van der Waals surface area (Å²) in [5.74, 6) is 0. The van der Waals surface area contributed by atoms with Crippen LogP contribution in [0.3, 0.4) is 0 Å². The molecule has 1 saturated heterocycles. The van der Waals surface area contributed by atoms with Crippen molar-refractivity contribution in [2.24, 2.45) is 0 Å². The molecule has 0 aromatic carbocycles. The maximum atomic E-state index is 2.43. The van der Waals surface area contributed by atoms with Crippen LogP contribution in [0.5, 0.6) is 0 Å². The first-order valence-electron chi connectivity index (χ1n) is 4.15. The molecule has 1 aliphatic rings. The van der Waals surface area contributed by atoms with Crippen molar-refractivity contribution in [2.45, 2.75) is 32.2 Å². The lowest BCUT2D eigenvalue weighted by molar-refractivity contribution is -0.0324. The summed E-state index contributed by atoms with van der Waals surface area (Å²) in [5, 5.41) is 4.65. The maximum Gasteiger partial charge on any atom is 0.0217 e. The zero-order valence-electron chi connectivity index (χ0n) is 7.30. The quantitative estimate of drug-likeness (QED) is 0.545. The van der Waals surface area contributed by atoms with Gasteiger partial charge in [-0.15, -0.1) is 0 Å². The van der Waals surface area contributed by atoms with Gasteiger partial charge in [-0.3, -0.25) is 0 Å². The summed E-state index contributed by atoms with van der Waals surface area (Å²) in [7, 11) is 4.25. The Kier molecular flexibility index (Phi) is 2.69. The molecule has 1 heterocycles. The SMILES string of the molecule is CC1CCCCN1N(C)C. The van der Waals surface area contributed by atoms with Crippen molar-refractivity contribution in [1.82, 2.24) is 10.0 Å². The summed E-state index contributed by atoms with van der Waals surface area (Å²) in [6.45, 7) is 3.55. The lowest BCUT2D eigenvalue weighted by atomic mass is 10.1. The smallest absolute Gasteiger partial charge is 0.0217 e. The van der Waals surface area contributed by atoms with Gasteiger partial charge in [-0.25, -0.2) is 10.0 Å². The van der Waals surface area contributed by atoms with E-state index in [2.05, 4.69) is 31.0 Å². The minimum atomic E-state index is 0.753. The Balaban J connectivity index is 2.40. The lowest BCUT2D eigenvalue weighted by Gasteiger charge is -2.37. The van der Waals surface area contributed by atoms with Crippen molar-refractivity contribution in [2.75, 3.05) is 20.6 Å². The number of piperidine rings is 1. The van der Waals surface area contributed by atoms with Gasteiger partial charge in [0.1, 0.15) is 0 Å². The molecule has 2 heteroatoms. The van der Waals surface area contributed by atoms with Crippen LogP contribution in [-0.4, -0.2) is 36.7 Å². The molecule has 0 amide bonds. The molecule has 0 spiro atoms. The third kappa shape index (κ3) is 1.70. The van der Waals surface area contributed by atoms with Gasteiger partial charge in [0, 0.05) is 26.7 Å². The Bertz CT molecular complexity index is 101. The molecule has 1 unspecified atom stereocenters. The van der Waals surface area contributed by atoms with Crippen LogP contribution < -0.4 is 0 Å². The molecule has 0 radical (unpaired) electrons. The molecule has 1 fully saturated rings. The van der Waals surface area contributed by atoms with Gasteiger partial charge in [0.15, 0.2) is 0 Å². The van der Waals surface area contributed by atoms with E-state index < -0.39 is 0 Å². The molecule has 1 rings (SSSR count). The van der Waals surface area contributed by atoms with Gasteiger partial charge in [-0.05, 0) is 19.8 Å². The van der Waals surface area contributed by atoms with E-state index in [-0.39, 0.29) is 0 Å². The van der Waals surface area contributed by atoms with Gasteiger partial charge < -0.3 is 0 Å². The monoisotopic (exact) mass is 142 g/mol. The summed E-state index contributed by atoms with van der Waals surface area (Å²) in [6, 6.07) is 0.753. The Hall–Kier alpha value is -0.0800. The molecule has 0 aromatic heterocycles. The average molecular weight is 142 g/mol. The Morgan fingerprint density at radius 1 is 1.30 bits per heavy atom. The second kappa shape index (κ2) is 3.35. The van der Waals surface area contributed by atoms with E-state index in [1.807, 2.05) is 0 Å². The second-order valence-corrected chi connectivity index (χ2v) is 3.36. The summed E-state index contributed by atoms with van der Waals surface area (Å²) in [4.78, 5) is 0. The largest absolute Gasteiger partial charge is 0.248 e. The third-order valence-electron chi connectivity index (χ3n) is 2.28. The van der Waals surface area contributed by atoms with Gasteiger partial charge in [0.2, 0.25) is 0 Å². The minimum Gasteiger partial charge on any atom is -0.248 e. The van der Waals surface area contributed by atoms with E-state index in [1.54, 1.807) is 0 Å². The molecule has 10 heavy (non-hydrogen) atoms. The van der Waals surface area contributed by atoms with Crippen LogP contribution in [0.15, 0.2) is 0 Å². The van der Waals surface area contributed by atoms with Gasteiger partial charge in [0.05, 0.1) is 0 Å². The van der Waals surface area contributed by atoms with Crippen molar-refractivity contribution in [3.63, 3.8) is 0 Å². The highest BCUT2D eigenvalue weighted by atomic mass is 15.6. The highest BCUT2D eigenvalue weighted by Crippen LogP contribution is 2.16. The molecule has 0 aromatic rings. The fourth-order valence-corrected chi connectivity index (χ4v) is 1.68. The summed E-state index contributed by atoms with van der Waals surface area (Å²) >= 11 is 0. The van der Waals surface area contributed by atoms with Crippen LogP contribution in [-0.2, 0) is 0 Å². The van der Waals surface area contributed by atoms with E-state index in [9.17, 15) is 0 Å². The van der Waals surface area contributed by atoms with Crippen LogP contribution in [0.2, 0.25) is 0 Å². The molecule has 0 saturated carbocycles. The highest BCUT2D eigenvalue weighted by molar-refractivity contribution is 4.69. The van der Waals surface area contributed by atoms with E-state index in [0.29, 0.717) is 0 Å². The summed E-state index contributed by atoms with van der Waals surface area (Å²) in [6.07, 6.45) is 4.13. The van der Waals surface area contributed by atoms with Gasteiger partial charge >= 0.3 is 0 Å². The first-order valence-corrected chi connectivity index (χ1v) is 4.15. The lowest BCUT2D eigenvalue weighted by Crippen LogP contribution is -2.46. The van der Waals surface area contributed by atoms with Crippen LogP contribution >= 0.6 is 0 Å². The molecule has 0 bridgehead atoms.